The van der Waals surface area contributed by atoms with E-state index in [-0.39, 0.29) is 17.3 Å². The third kappa shape index (κ3) is 4.73. The summed E-state index contributed by atoms with van der Waals surface area (Å²) in [5.74, 6) is -3.97. The largest absolute Gasteiger partial charge is 0.342 e. The van der Waals surface area contributed by atoms with Crippen LogP contribution < -0.4 is 0 Å². The molecule has 0 aliphatic rings. The number of benzene rings is 1. The van der Waals surface area contributed by atoms with E-state index in [9.17, 15) is 30.4 Å². The molecule has 7 nitrogen and oxygen atoms in total. The zero-order valence-corrected chi connectivity index (χ0v) is 15.6. The lowest BCUT2D eigenvalue weighted by atomic mass is 10.4. The molecule has 1 aromatic carbocycles. The topological polar surface area (TPSA) is 91.8 Å². The van der Waals surface area contributed by atoms with Crippen molar-refractivity contribution in [1.82, 2.24) is 9.21 Å². The van der Waals surface area contributed by atoms with Gasteiger partial charge in [-0.25, -0.2) is 16.8 Å². The molecule has 0 unspecified atom stereocenters. The van der Waals surface area contributed by atoms with Crippen molar-refractivity contribution < 1.29 is 30.4 Å². The monoisotopic (exact) mass is 398 g/mol. The Labute approximate surface area is 146 Å². The minimum atomic E-state index is -4.80. The molecule has 0 bridgehead atoms. The van der Waals surface area contributed by atoms with Crippen LogP contribution in [0, 0.1) is 0 Å². The Morgan fingerprint density at radius 2 is 1.44 bits per heavy atom. The summed E-state index contributed by atoms with van der Waals surface area (Å²) in [6, 6.07) is 3.44. The molecule has 25 heavy (non-hydrogen) atoms. The normalized spacial score (nSPS) is 12.6. The molecular formula is C14H20F2N2O5S2. The van der Waals surface area contributed by atoms with Gasteiger partial charge in [0.2, 0.25) is 25.8 Å². The molecule has 0 spiro atoms. The number of alkyl halides is 2. The second-order valence-electron chi connectivity index (χ2n) is 5.10. The molecule has 0 aliphatic carbocycles. The molecule has 0 saturated carbocycles. The van der Waals surface area contributed by atoms with Gasteiger partial charge in [0, 0.05) is 20.1 Å². The summed E-state index contributed by atoms with van der Waals surface area (Å²) < 4.78 is 73.4. The van der Waals surface area contributed by atoms with Crippen molar-refractivity contribution in [1.29, 1.82) is 0 Å². The molecule has 0 radical (unpaired) electrons. The van der Waals surface area contributed by atoms with Gasteiger partial charge in [-0.15, -0.1) is 0 Å². The number of sulfonamides is 1. The number of sulfone groups is 1. The van der Waals surface area contributed by atoms with Gasteiger partial charge in [-0.05, 0) is 38.1 Å². The molecule has 0 saturated heterocycles. The number of likely N-dealkylation sites (N-methyl/N-ethyl adjacent to an activating group) is 2. The number of halogens is 2. The van der Waals surface area contributed by atoms with Gasteiger partial charge in [0.25, 0.3) is 0 Å². The summed E-state index contributed by atoms with van der Waals surface area (Å²) in [6.45, 7) is 4.00. The van der Waals surface area contributed by atoms with Crippen LogP contribution in [-0.2, 0) is 24.7 Å². The number of hydrogen-bond donors (Lipinski definition) is 0. The summed E-state index contributed by atoms with van der Waals surface area (Å²) in [5.41, 5.74) is 0. The first kappa shape index (κ1) is 21.5. The Morgan fingerprint density at radius 3 is 1.84 bits per heavy atom. The Bertz CT molecular complexity index is 804. The summed E-state index contributed by atoms with van der Waals surface area (Å²) in [7, 11) is -7.65. The lowest BCUT2D eigenvalue weighted by Gasteiger charge is -2.23. The molecule has 1 aromatic rings. The van der Waals surface area contributed by atoms with Crippen LogP contribution in [0.15, 0.2) is 34.1 Å². The fourth-order valence-corrected chi connectivity index (χ4v) is 3.88. The first-order chi connectivity index (χ1) is 11.5. The van der Waals surface area contributed by atoms with Crippen LogP contribution in [0.2, 0.25) is 0 Å². The maximum absolute atomic E-state index is 12.5. The number of nitrogens with zero attached hydrogens (tertiary/aromatic N) is 2. The van der Waals surface area contributed by atoms with E-state index in [4.69, 9.17) is 0 Å². The first-order valence-corrected chi connectivity index (χ1v) is 10.3. The fourth-order valence-electron chi connectivity index (χ4n) is 2.04. The van der Waals surface area contributed by atoms with Crippen LogP contribution in [0.25, 0.3) is 0 Å². The average Bonchev–Trinajstić information content (AvgIpc) is 2.55. The predicted octanol–water partition coefficient (Wildman–Crippen LogP) is 1.17. The predicted molar refractivity (Wildman–Crippen MR) is 87.4 cm³/mol. The molecule has 1 rings (SSSR count). The summed E-state index contributed by atoms with van der Waals surface area (Å²) >= 11 is 0. The van der Waals surface area contributed by atoms with Crippen LogP contribution in [0.5, 0.6) is 0 Å². The van der Waals surface area contributed by atoms with Gasteiger partial charge < -0.3 is 4.90 Å². The molecule has 0 N–H and O–H groups in total. The zero-order valence-electron chi connectivity index (χ0n) is 14.0. The van der Waals surface area contributed by atoms with Crippen molar-refractivity contribution in [3.8, 4) is 0 Å². The highest BCUT2D eigenvalue weighted by Crippen LogP contribution is 2.21. The van der Waals surface area contributed by atoms with E-state index in [1.54, 1.807) is 13.8 Å². The van der Waals surface area contributed by atoms with Gasteiger partial charge in [0.05, 0.1) is 16.3 Å². The van der Waals surface area contributed by atoms with E-state index in [2.05, 4.69) is 0 Å². The SMILES string of the molecule is CCN(CC)C(=O)CN(C)S(=O)(=O)c1ccc(S(=O)(=O)C(F)F)cc1. The second kappa shape index (κ2) is 8.19. The van der Waals surface area contributed by atoms with E-state index >= 15 is 0 Å². The van der Waals surface area contributed by atoms with Crippen molar-refractivity contribution >= 4 is 25.8 Å². The molecule has 0 aliphatic heterocycles. The Balaban J connectivity index is 3.05. The minimum Gasteiger partial charge on any atom is -0.342 e. The maximum atomic E-state index is 12.5. The molecule has 0 aromatic heterocycles. The molecule has 142 valence electrons. The lowest BCUT2D eigenvalue weighted by Crippen LogP contribution is -2.40. The fraction of sp³-hybridized carbons (Fsp3) is 0.500. The molecule has 1 amide bonds. The van der Waals surface area contributed by atoms with Crippen molar-refractivity contribution in [3.63, 3.8) is 0 Å². The number of hydrogen-bond acceptors (Lipinski definition) is 5. The van der Waals surface area contributed by atoms with Gasteiger partial charge in [-0.3, -0.25) is 4.79 Å². The van der Waals surface area contributed by atoms with Gasteiger partial charge >= 0.3 is 5.76 Å². The van der Waals surface area contributed by atoms with Gasteiger partial charge in [-0.1, -0.05) is 0 Å². The number of rotatable bonds is 8. The second-order valence-corrected chi connectivity index (χ2v) is 9.07. The lowest BCUT2D eigenvalue weighted by molar-refractivity contribution is -0.130. The Morgan fingerprint density at radius 1 is 1.00 bits per heavy atom. The summed E-state index contributed by atoms with van der Waals surface area (Å²) in [4.78, 5) is 12.5. The van der Waals surface area contributed by atoms with Gasteiger partial charge in [0.15, 0.2) is 0 Å². The van der Waals surface area contributed by atoms with Crippen LogP contribution in [0.4, 0.5) is 8.78 Å². The Hall–Kier alpha value is -1.59. The van der Waals surface area contributed by atoms with Gasteiger partial charge in [-0.2, -0.15) is 13.1 Å². The Kier molecular flexibility index (Phi) is 7.03. The van der Waals surface area contributed by atoms with Gasteiger partial charge in [0.1, 0.15) is 0 Å². The number of amides is 1. The van der Waals surface area contributed by atoms with Crippen LogP contribution in [0.1, 0.15) is 13.8 Å². The third-order valence-electron chi connectivity index (χ3n) is 3.57. The molecule has 0 heterocycles. The maximum Gasteiger partial charge on any atom is 0.341 e. The average molecular weight is 398 g/mol. The summed E-state index contributed by atoms with van der Waals surface area (Å²) in [5, 5.41) is 0. The highest BCUT2D eigenvalue weighted by atomic mass is 32.2. The molecule has 11 heteroatoms. The van der Waals surface area contributed by atoms with E-state index < -0.39 is 30.5 Å². The van der Waals surface area contributed by atoms with Crippen molar-refractivity contribution in [3.05, 3.63) is 24.3 Å². The van der Waals surface area contributed by atoms with E-state index in [0.717, 1.165) is 28.6 Å². The van der Waals surface area contributed by atoms with Crippen LogP contribution in [-0.4, -0.2) is 64.4 Å². The van der Waals surface area contributed by atoms with Crippen molar-refractivity contribution in [2.75, 3.05) is 26.7 Å². The van der Waals surface area contributed by atoms with E-state index in [1.807, 2.05) is 0 Å². The molecule has 0 fully saturated rings. The van der Waals surface area contributed by atoms with Crippen LogP contribution >= 0.6 is 0 Å². The minimum absolute atomic E-state index is 0.296. The zero-order chi connectivity index (χ0) is 19.4. The van der Waals surface area contributed by atoms with Crippen molar-refractivity contribution in [2.24, 2.45) is 0 Å². The third-order valence-corrected chi connectivity index (χ3v) is 6.79. The van der Waals surface area contributed by atoms with Crippen molar-refractivity contribution in [2.45, 2.75) is 29.4 Å². The van der Waals surface area contributed by atoms with Crippen LogP contribution in [0.3, 0.4) is 0 Å². The van der Waals surface area contributed by atoms with E-state index in [0.29, 0.717) is 13.1 Å². The summed E-state index contributed by atoms with van der Waals surface area (Å²) in [6.07, 6.45) is 0. The highest BCUT2D eigenvalue weighted by Gasteiger charge is 2.28. The quantitative estimate of drug-likeness (QED) is 0.656. The van der Waals surface area contributed by atoms with E-state index in [1.165, 1.54) is 11.9 Å². The first-order valence-electron chi connectivity index (χ1n) is 7.34. The molecule has 0 atom stereocenters. The standard InChI is InChI=1S/C14H20F2N2O5S2/c1-4-18(5-2)13(19)10-17(3)25(22,23)12-8-6-11(7-9-12)24(20,21)14(15)16/h6-9,14H,4-5,10H2,1-3H3. The highest BCUT2D eigenvalue weighted by molar-refractivity contribution is 7.91. The number of carbonyl (C=O) groups excluding carboxylic acids is 1. The smallest absolute Gasteiger partial charge is 0.341 e. The number of carbonyl (C=O) groups is 1. The molecular weight excluding hydrogens is 378 g/mol.